The SMILES string of the molecule is c1ccc(-c2ccc(N(c3ccc(-c4ccc5ccccc5c4)cc3)c3ccc(-c4cnc5sc6ccccc6c5c4)cc3)cc2)cc1. The van der Waals surface area contributed by atoms with Crippen molar-refractivity contribution in [2.75, 3.05) is 4.90 Å². The minimum atomic E-state index is 1.08. The lowest BCUT2D eigenvalue weighted by Crippen LogP contribution is -2.09. The van der Waals surface area contributed by atoms with E-state index in [0.29, 0.717) is 0 Å². The summed E-state index contributed by atoms with van der Waals surface area (Å²) in [6.45, 7) is 0. The lowest BCUT2D eigenvalue weighted by molar-refractivity contribution is 1.28. The Hall–Kier alpha value is -6.03. The number of nitrogens with zero attached hydrogens (tertiary/aromatic N) is 2. The van der Waals surface area contributed by atoms with Gasteiger partial charge in [0.05, 0.1) is 0 Å². The highest BCUT2D eigenvalue weighted by atomic mass is 32.1. The van der Waals surface area contributed by atoms with Crippen molar-refractivity contribution in [3.8, 4) is 33.4 Å². The topological polar surface area (TPSA) is 16.1 Å². The predicted molar refractivity (Wildman–Crippen MR) is 206 cm³/mol. The molecule has 7 aromatic carbocycles. The van der Waals surface area contributed by atoms with Gasteiger partial charge in [-0.2, -0.15) is 0 Å². The second-order valence-corrected chi connectivity index (χ2v) is 13.1. The zero-order valence-electron chi connectivity index (χ0n) is 26.1. The van der Waals surface area contributed by atoms with Gasteiger partial charge in [-0.25, -0.2) is 4.98 Å². The molecule has 0 N–H and O–H groups in total. The first kappa shape index (κ1) is 28.2. The molecule has 0 radical (unpaired) electrons. The van der Waals surface area contributed by atoms with Gasteiger partial charge >= 0.3 is 0 Å². The van der Waals surface area contributed by atoms with Crippen molar-refractivity contribution in [2.45, 2.75) is 0 Å². The van der Waals surface area contributed by atoms with E-state index >= 15 is 0 Å². The summed E-state index contributed by atoms with van der Waals surface area (Å²) < 4.78 is 1.27. The summed E-state index contributed by atoms with van der Waals surface area (Å²) in [5.41, 5.74) is 10.4. The maximum atomic E-state index is 4.84. The van der Waals surface area contributed by atoms with Crippen LogP contribution in [0.4, 0.5) is 17.1 Å². The highest BCUT2D eigenvalue weighted by Crippen LogP contribution is 2.39. The Balaban J connectivity index is 1.09. The van der Waals surface area contributed by atoms with Crippen molar-refractivity contribution in [1.29, 1.82) is 0 Å². The van der Waals surface area contributed by atoms with Crippen LogP contribution in [0.1, 0.15) is 0 Å². The van der Waals surface area contributed by atoms with E-state index in [9.17, 15) is 0 Å². The molecule has 0 fully saturated rings. The van der Waals surface area contributed by atoms with Crippen molar-refractivity contribution in [3.05, 3.63) is 182 Å². The fourth-order valence-electron chi connectivity index (χ4n) is 6.62. The van der Waals surface area contributed by atoms with E-state index in [0.717, 1.165) is 33.0 Å². The second kappa shape index (κ2) is 12.0. The standard InChI is InChI=1S/C45H30N2S/c1-2-8-31(9-3-1)33-16-22-39(23-17-33)47(40-24-18-34(19-25-40)37-15-14-32-10-4-5-11-36(32)28-37)41-26-20-35(21-27-41)38-29-43-42-12-6-7-13-44(42)48-45(43)46-30-38/h1-30H. The monoisotopic (exact) mass is 630 g/mol. The fourth-order valence-corrected chi connectivity index (χ4v) is 7.65. The molecule has 0 atom stereocenters. The van der Waals surface area contributed by atoms with E-state index in [1.165, 1.54) is 48.5 Å². The molecule has 0 aliphatic carbocycles. The molecule has 2 heterocycles. The Morgan fingerprint density at radius 3 is 1.58 bits per heavy atom. The Kier molecular flexibility index (Phi) is 7.03. The summed E-state index contributed by atoms with van der Waals surface area (Å²) in [7, 11) is 0. The molecule has 0 aliphatic rings. The number of fused-ring (bicyclic) bond motifs is 4. The lowest BCUT2D eigenvalue weighted by atomic mass is 10.0. The molecule has 48 heavy (non-hydrogen) atoms. The summed E-state index contributed by atoms with van der Waals surface area (Å²) in [6.07, 6.45) is 2.00. The van der Waals surface area contributed by atoms with Gasteiger partial charge in [0.25, 0.3) is 0 Å². The lowest BCUT2D eigenvalue weighted by Gasteiger charge is -2.26. The summed E-state index contributed by atoms with van der Waals surface area (Å²) in [5.74, 6) is 0. The van der Waals surface area contributed by atoms with Gasteiger partial charge in [-0.05, 0) is 93.2 Å². The normalized spacial score (nSPS) is 11.3. The maximum Gasteiger partial charge on any atom is 0.124 e. The highest BCUT2D eigenvalue weighted by Gasteiger charge is 2.15. The molecule has 9 aromatic rings. The molecule has 0 saturated heterocycles. The highest BCUT2D eigenvalue weighted by molar-refractivity contribution is 7.25. The van der Waals surface area contributed by atoms with Gasteiger partial charge in [0.15, 0.2) is 0 Å². The number of pyridine rings is 1. The van der Waals surface area contributed by atoms with Gasteiger partial charge in [-0.1, -0.05) is 121 Å². The van der Waals surface area contributed by atoms with Crippen molar-refractivity contribution in [2.24, 2.45) is 0 Å². The number of aromatic nitrogens is 1. The molecule has 2 nitrogen and oxygen atoms in total. The first-order chi connectivity index (χ1) is 23.8. The summed E-state index contributed by atoms with van der Waals surface area (Å²) in [4.78, 5) is 8.25. The van der Waals surface area contributed by atoms with Gasteiger partial charge in [0, 0.05) is 44.3 Å². The Morgan fingerprint density at radius 1 is 0.375 bits per heavy atom. The summed E-state index contributed by atoms with van der Waals surface area (Å²) in [5, 5.41) is 4.98. The number of thiophene rings is 1. The Labute approximate surface area is 283 Å². The molecule has 0 amide bonds. The molecule has 3 heteroatoms. The molecule has 0 unspecified atom stereocenters. The zero-order chi connectivity index (χ0) is 31.9. The van der Waals surface area contributed by atoms with Crippen LogP contribution in [-0.2, 0) is 0 Å². The molecular weight excluding hydrogens is 601 g/mol. The first-order valence-electron chi connectivity index (χ1n) is 16.2. The molecule has 9 rings (SSSR count). The van der Waals surface area contributed by atoms with Crippen LogP contribution in [0.15, 0.2) is 182 Å². The van der Waals surface area contributed by atoms with Crippen LogP contribution in [0.25, 0.3) is 64.5 Å². The third-order valence-electron chi connectivity index (χ3n) is 9.13. The van der Waals surface area contributed by atoms with E-state index < -0.39 is 0 Å². The van der Waals surface area contributed by atoms with Crippen LogP contribution in [-0.4, -0.2) is 4.98 Å². The number of rotatable bonds is 6. The minimum Gasteiger partial charge on any atom is -0.311 e. The first-order valence-corrected chi connectivity index (χ1v) is 17.0. The van der Waals surface area contributed by atoms with Crippen LogP contribution < -0.4 is 4.90 Å². The van der Waals surface area contributed by atoms with Gasteiger partial charge in [-0.3, -0.25) is 0 Å². The van der Waals surface area contributed by atoms with Crippen molar-refractivity contribution >= 4 is 59.5 Å². The fraction of sp³-hybridized carbons (Fsp3) is 0. The maximum absolute atomic E-state index is 4.84. The zero-order valence-corrected chi connectivity index (χ0v) is 26.9. The van der Waals surface area contributed by atoms with E-state index in [1.54, 1.807) is 11.3 Å². The minimum absolute atomic E-state index is 1.08. The molecule has 0 saturated carbocycles. The Morgan fingerprint density at radius 2 is 0.896 bits per heavy atom. The van der Waals surface area contributed by atoms with Crippen LogP contribution in [0.3, 0.4) is 0 Å². The van der Waals surface area contributed by atoms with Crippen molar-refractivity contribution < 1.29 is 0 Å². The number of hydrogen-bond donors (Lipinski definition) is 0. The molecule has 0 aliphatic heterocycles. The van der Waals surface area contributed by atoms with Gasteiger partial charge in [0.1, 0.15) is 4.83 Å². The predicted octanol–water partition coefficient (Wildman–Crippen LogP) is 13.1. The van der Waals surface area contributed by atoms with Gasteiger partial charge in [0.2, 0.25) is 0 Å². The van der Waals surface area contributed by atoms with Crippen molar-refractivity contribution in [1.82, 2.24) is 4.98 Å². The average molecular weight is 631 g/mol. The molecule has 2 aromatic heterocycles. The smallest absolute Gasteiger partial charge is 0.124 e. The average Bonchev–Trinajstić information content (AvgIpc) is 3.54. The van der Waals surface area contributed by atoms with Crippen molar-refractivity contribution in [3.63, 3.8) is 0 Å². The van der Waals surface area contributed by atoms with Gasteiger partial charge in [-0.15, -0.1) is 11.3 Å². The molecule has 0 spiro atoms. The second-order valence-electron chi connectivity index (χ2n) is 12.1. The number of hydrogen-bond acceptors (Lipinski definition) is 3. The summed E-state index contributed by atoms with van der Waals surface area (Å²) in [6, 6.07) is 63.2. The van der Waals surface area contributed by atoms with E-state index in [4.69, 9.17) is 4.98 Å². The third-order valence-corrected chi connectivity index (χ3v) is 10.2. The van der Waals surface area contributed by atoms with E-state index in [2.05, 4.69) is 181 Å². The van der Waals surface area contributed by atoms with Gasteiger partial charge < -0.3 is 4.90 Å². The largest absolute Gasteiger partial charge is 0.311 e. The Bertz CT molecular complexity index is 2530. The molecule has 226 valence electrons. The molecule has 0 bridgehead atoms. The quantitative estimate of drug-likeness (QED) is 0.182. The summed E-state index contributed by atoms with van der Waals surface area (Å²) >= 11 is 1.75. The van der Waals surface area contributed by atoms with Crippen LogP contribution in [0, 0.1) is 0 Å². The van der Waals surface area contributed by atoms with Crippen LogP contribution >= 0.6 is 11.3 Å². The number of anilines is 3. The van der Waals surface area contributed by atoms with Crippen LogP contribution in [0.5, 0.6) is 0 Å². The number of benzene rings is 7. The molecular formula is C45H30N2S. The van der Waals surface area contributed by atoms with Crippen LogP contribution in [0.2, 0.25) is 0 Å². The van der Waals surface area contributed by atoms with E-state index in [1.807, 2.05) is 6.20 Å². The third kappa shape index (κ3) is 5.21. The van der Waals surface area contributed by atoms with E-state index in [-0.39, 0.29) is 0 Å².